The molecule has 1 aromatic rings. The fraction of sp³-hybridized carbons (Fsp3) is 0.273. The van der Waals surface area contributed by atoms with Crippen LogP contribution in [0.4, 0.5) is 16.2 Å². The molecule has 0 heterocycles. The molecule has 19 heavy (non-hydrogen) atoms. The van der Waals surface area contributed by atoms with Gasteiger partial charge in [0.05, 0.1) is 4.92 Å². The normalized spacial score (nSPS) is 9.79. The molecule has 1 rings (SSSR count). The van der Waals surface area contributed by atoms with Crippen molar-refractivity contribution in [3.8, 4) is 0 Å². The number of hydrogen-bond donors (Lipinski definition) is 2. The third-order valence-electron chi connectivity index (χ3n) is 2.38. The van der Waals surface area contributed by atoms with Gasteiger partial charge in [0.25, 0.3) is 5.69 Å². The third-order valence-corrected chi connectivity index (χ3v) is 2.38. The number of rotatable bonds is 4. The number of urea groups is 1. The second kappa shape index (κ2) is 5.80. The summed E-state index contributed by atoms with van der Waals surface area (Å²) in [5.41, 5.74) is 0.597. The number of carbonyl (C=O) groups is 2. The van der Waals surface area contributed by atoms with Crippen molar-refractivity contribution in [2.75, 3.05) is 18.9 Å². The van der Waals surface area contributed by atoms with E-state index in [1.54, 1.807) is 6.92 Å². The van der Waals surface area contributed by atoms with E-state index in [4.69, 9.17) is 5.11 Å². The minimum absolute atomic E-state index is 0.112. The Kier molecular flexibility index (Phi) is 4.41. The van der Waals surface area contributed by atoms with E-state index in [2.05, 4.69) is 5.32 Å². The first kappa shape index (κ1) is 14.4. The molecule has 0 aliphatic carbocycles. The molecule has 0 aromatic heterocycles. The molecule has 0 aliphatic rings. The van der Waals surface area contributed by atoms with Crippen LogP contribution in [0.1, 0.15) is 5.56 Å². The van der Waals surface area contributed by atoms with Gasteiger partial charge in [-0.15, -0.1) is 0 Å². The minimum Gasteiger partial charge on any atom is -0.480 e. The summed E-state index contributed by atoms with van der Waals surface area (Å²) in [6.07, 6.45) is 0. The van der Waals surface area contributed by atoms with E-state index in [9.17, 15) is 19.7 Å². The van der Waals surface area contributed by atoms with Gasteiger partial charge in [-0.25, -0.2) is 4.79 Å². The first-order chi connectivity index (χ1) is 8.81. The van der Waals surface area contributed by atoms with E-state index >= 15 is 0 Å². The number of anilines is 1. The van der Waals surface area contributed by atoms with Crippen LogP contribution in [-0.2, 0) is 4.79 Å². The van der Waals surface area contributed by atoms with Crippen LogP contribution >= 0.6 is 0 Å². The molecule has 0 fully saturated rings. The highest BCUT2D eigenvalue weighted by molar-refractivity contribution is 5.91. The monoisotopic (exact) mass is 267 g/mol. The van der Waals surface area contributed by atoms with Crippen molar-refractivity contribution in [2.45, 2.75) is 6.92 Å². The Balaban J connectivity index is 2.83. The number of amides is 2. The average Bonchev–Trinajstić information content (AvgIpc) is 2.30. The second-order valence-electron chi connectivity index (χ2n) is 3.94. The van der Waals surface area contributed by atoms with E-state index < -0.39 is 23.5 Å². The molecule has 102 valence electrons. The fourth-order valence-corrected chi connectivity index (χ4v) is 1.38. The molecule has 1 aromatic carbocycles. The van der Waals surface area contributed by atoms with Crippen LogP contribution in [-0.4, -0.2) is 40.5 Å². The van der Waals surface area contributed by atoms with Crippen LogP contribution in [0.5, 0.6) is 0 Å². The van der Waals surface area contributed by atoms with Crippen molar-refractivity contribution in [3.05, 3.63) is 33.9 Å². The Morgan fingerprint density at radius 1 is 1.47 bits per heavy atom. The summed E-state index contributed by atoms with van der Waals surface area (Å²) in [4.78, 5) is 33.2. The zero-order valence-electron chi connectivity index (χ0n) is 10.4. The summed E-state index contributed by atoms with van der Waals surface area (Å²) < 4.78 is 0. The summed E-state index contributed by atoms with van der Waals surface area (Å²) in [6, 6.07) is 3.59. The van der Waals surface area contributed by atoms with E-state index in [-0.39, 0.29) is 11.4 Å². The Morgan fingerprint density at radius 3 is 2.63 bits per heavy atom. The van der Waals surface area contributed by atoms with Gasteiger partial charge in [0.2, 0.25) is 0 Å². The zero-order valence-corrected chi connectivity index (χ0v) is 10.4. The van der Waals surface area contributed by atoms with Crippen molar-refractivity contribution in [1.82, 2.24) is 4.90 Å². The number of carboxylic acid groups (broad SMARTS) is 1. The standard InChI is InChI=1S/C11H13N3O5/c1-7-3-4-8(5-9(7)14(18)19)12-11(17)13(2)6-10(15)16/h3-5H,6H2,1-2H3,(H,12,17)(H,15,16). The van der Waals surface area contributed by atoms with E-state index in [1.165, 1.54) is 25.2 Å². The highest BCUT2D eigenvalue weighted by Crippen LogP contribution is 2.22. The van der Waals surface area contributed by atoms with Crippen LogP contribution in [0.15, 0.2) is 18.2 Å². The summed E-state index contributed by atoms with van der Waals surface area (Å²) >= 11 is 0. The smallest absolute Gasteiger partial charge is 0.323 e. The van der Waals surface area contributed by atoms with Gasteiger partial charge in [-0.1, -0.05) is 6.07 Å². The Morgan fingerprint density at radius 2 is 2.11 bits per heavy atom. The molecule has 2 N–H and O–H groups in total. The molecule has 8 heteroatoms. The average molecular weight is 267 g/mol. The van der Waals surface area contributed by atoms with E-state index in [0.29, 0.717) is 5.56 Å². The van der Waals surface area contributed by atoms with Crippen LogP contribution in [0.3, 0.4) is 0 Å². The lowest BCUT2D eigenvalue weighted by molar-refractivity contribution is -0.385. The number of nitro groups is 1. The predicted octanol–water partition coefficient (Wildman–Crippen LogP) is 1.45. The van der Waals surface area contributed by atoms with Crippen LogP contribution in [0.2, 0.25) is 0 Å². The molecule has 0 radical (unpaired) electrons. The van der Waals surface area contributed by atoms with Gasteiger partial charge in [-0.3, -0.25) is 14.9 Å². The number of aliphatic carboxylic acids is 1. The molecule has 8 nitrogen and oxygen atoms in total. The van der Waals surface area contributed by atoms with E-state index in [1.807, 2.05) is 0 Å². The molecule has 0 spiro atoms. The van der Waals surface area contributed by atoms with Crippen molar-refractivity contribution >= 4 is 23.4 Å². The lowest BCUT2D eigenvalue weighted by Gasteiger charge is -2.15. The maximum atomic E-state index is 11.6. The highest BCUT2D eigenvalue weighted by atomic mass is 16.6. The topological polar surface area (TPSA) is 113 Å². The van der Waals surface area contributed by atoms with Gasteiger partial charge in [0.15, 0.2) is 0 Å². The van der Waals surface area contributed by atoms with Gasteiger partial charge in [-0.2, -0.15) is 0 Å². The van der Waals surface area contributed by atoms with Gasteiger partial charge in [0, 0.05) is 24.4 Å². The maximum absolute atomic E-state index is 11.6. The first-order valence-electron chi connectivity index (χ1n) is 5.30. The van der Waals surface area contributed by atoms with Gasteiger partial charge < -0.3 is 15.3 Å². The number of aryl methyl sites for hydroxylation is 1. The minimum atomic E-state index is -1.15. The predicted molar refractivity (Wildman–Crippen MR) is 67.1 cm³/mol. The lowest BCUT2D eigenvalue weighted by Crippen LogP contribution is -2.35. The van der Waals surface area contributed by atoms with Crippen LogP contribution in [0.25, 0.3) is 0 Å². The Bertz CT molecular complexity index is 529. The maximum Gasteiger partial charge on any atom is 0.323 e. The number of nitrogens with zero attached hydrogens (tertiary/aromatic N) is 2. The molecule has 0 bridgehead atoms. The summed E-state index contributed by atoms with van der Waals surface area (Å²) in [5.74, 6) is -1.15. The van der Waals surface area contributed by atoms with E-state index in [0.717, 1.165) is 4.90 Å². The van der Waals surface area contributed by atoms with Crippen molar-refractivity contribution in [1.29, 1.82) is 0 Å². The highest BCUT2D eigenvalue weighted by Gasteiger charge is 2.15. The molecule has 2 amide bonds. The molecule has 0 aliphatic heterocycles. The Hall–Kier alpha value is -2.64. The van der Waals surface area contributed by atoms with Crippen molar-refractivity contribution in [2.24, 2.45) is 0 Å². The molecule has 0 atom stereocenters. The number of benzene rings is 1. The largest absolute Gasteiger partial charge is 0.480 e. The van der Waals surface area contributed by atoms with Crippen molar-refractivity contribution in [3.63, 3.8) is 0 Å². The molecule has 0 unspecified atom stereocenters. The first-order valence-corrected chi connectivity index (χ1v) is 5.30. The lowest BCUT2D eigenvalue weighted by atomic mass is 10.2. The Labute approximate surface area is 108 Å². The summed E-state index contributed by atoms with van der Waals surface area (Å²) in [6.45, 7) is 1.13. The third kappa shape index (κ3) is 3.95. The van der Waals surface area contributed by atoms with Gasteiger partial charge in [0.1, 0.15) is 6.54 Å². The zero-order chi connectivity index (χ0) is 14.6. The van der Waals surface area contributed by atoms with Crippen molar-refractivity contribution < 1.29 is 19.6 Å². The number of nitrogens with one attached hydrogen (secondary N) is 1. The summed E-state index contributed by atoms with van der Waals surface area (Å²) in [5, 5.41) is 21.7. The molecule has 0 saturated carbocycles. The molecular formula is C11H13N3O5. The quantitative estimate of drug-likeness (QED) is 0.633. The SMILES string of the molecule is Cc1ccc(NC(=O)N(C)CC(=O)O)cc1[N+](=O)[O-]. The fourth-order valence-electron chi connectivity index (χ4n) is 1.38. The van der Waals surface area contributed by atoms with Gasteiger partial charge in [-0.05, 0) is 13.0 Å². The second-order valence-corrected chi connectivity index (χ2v) is 3.94. The number of nitro benzene ring substituents is 1. The van der Waals surface area contributed by atoms with Crippen LogP contribution in [0, 0.1) is 17.0 Å². The van der Waals surface area contributed by atoms with Gasteiger partial charge >= 0.3 is 12.0 Å². The summed E-state index contributed by atoms with van der Waals surface area (Å²) in [7, 11) is 1.31. The number of carboxylic acids is 1. The van der Waals surface area contributed by atoms with Crippen LogP contribution < -0.4 is 5.32 Å². The number of likely N-dealkylation sites (N-methyl/N-ethyl adjacent to an activating group) is 1. The molecule has 0 saturated heterocycles. The molecular weight excluding hydrogens is 254 g/mol. The number of hydrogen-bond acceptors (Lipinski definition) is 4. The number of carbonyl (C=O) groups excluding carboxylic acids is 1.